The van der Waals surface area contributed by atoms with Gasteiger partial charge >= 0.3 is 0 Å². The second-order valence-corrected chi connectivity index (χ2v) is 7.71. The van der Waals surface area contributed by atoms with Gasteiger partial charge in [0.15, 0.2) is 12.6 Å². The number of piperidine rings is 1. The van der Waals surface area contributed by atoms with Crippen molar-refractivity contribution in [1.82, 2.24) is 15.5 Å². The minimum Gasteiger partial charge on any atom is -0.484 e. The summed E-state index contributed by atoms with van der Waals surface area (Å²) < 4.78 is 5.36. The number of rotatable bonds is 9. The highest BCUT2D eigenvalue weighted by Gasteiger charge is 2.20. The molecule has 0 radical (unpaired) electrons. The predicted molar refractivity (Wildman–Crippen MR) is 129 cm³/mol. The van der Waals surface area contributed by atoms with E-state index in [-0.39, 0.29) is 30.6 Å². The molecule has 0 bridgehead atoms. The zero-order chi connectivity index (χ0) is 20.4. The lowest BCUT2D eigenvalue weighted by atomic mass is 10.0. The van der Waals surface area contributed by atoms with Crippen molar-refractivity contribution in [1.29, 1.82) is 0 Å². The Balaban J connectivity index is 0.00000420. The Morgan fingerprint density at radius 3 is 2.69 bits per heavy atom. The maximum atomic E-state index is 10.9. The molecule has 1 saturated heterocycles. The normalized spacial score (nSPS) is 15.7. The monoisotopic (exact) mass is 517 g/mol. The Labute approximate surface area is 191 Å². The SMILES string of the molecule is CCNC(=NCc1cccc(OCC(N)=O)c1)NC1CCN(CC(C)C)CC1.I. The maximum absolute atomic E-state index is 10.9. The number of aliphatic imine (C=N–C) groups is 1. The number of nitrogens with one attached hydrogen (secondary N) is 2. The summed E-state index contributed by atoms with van der Waals surface area (Å²) in [6.45, 7) is 11.3. The standard InChI is InChI=1S/C21H35N5O2.HI/c1-4-23-21(25-18-8-10-26(11-9-18)14-16(2)3)24-13-17-6-5-7-19(12-17)28-15-20(22)27;/h5-7,12,16,18H,4,8-11,13-15H2,1-3H3,(H2,22,27)(H2,23,24,25);1H. The predicted octanol–water partition coefficient (Wildman–Crippen LogP) is 2.34. The lowest BCUT2D eigenvalue weighted by Crippen LogP contribution is -2.49. The number of guanidine groups is 1. The van der Waals surface area contributed by atoms with E-state index in [9.17, 15) is 4.79 Å². The summed E-state index contributed by atoms with van der Waals surface area (Å²) in [6.07, 6.45) is 2.27. The van der Waals surface area contributed by atoms with Crippen molar-refractivity contribution in [2.75, 3.05) is 32.8 Å². The van der Waals surface area contributed by atoms with Crippen LogP contribution in [0.2, 0.25) is 0 Å². The first-order valence-electron chi connectivity index (χ1n) is 10.2. The van der Waals surface area contributed by atoms with Gasteiger partial charge in [0.05, 0.1) is 6.54 Å². The van der Waals surface area contributed by atoms with Crippen molar-refractivity contribution in [3.63, 3.8) is 0 Å². The van der Waals surface area contributed by atoms with Gasteiger partial charge in [0.25, 0.3) is 5.91 Å². The van der Waals surface area contributed by atoms with Crippen LogP contribution in [0.1, 0.15) is 39.2 Å². The topological polar surface area (TPSA) is 92.0 Å². The Morgan fingerprint density at radius 1 is 1.34 bits per heavy atom. The fourth-order valence-corrected chi connectivity index (χ4v) is 3.35. The third-order valence-electron chi connectivity index (χ3n) is 4.60. The third-order valence-corrected chi connectivity index (χ3v) is 4.60. The summed E-state index contributed by atoms with van der Waals surface area (Å²) in [5, 5.41) is 6.91. The zero-order valence-electron chi connectivity index (χ0n) is 17.8. The molecule has 1 aromatic rings. The molecule has 4 N–H and O–H groups in total. The molecule has 0 spiro atoms. The lowest BCUT2D eigenvalue weighted by Gasteiger charge is -2.34. The summed E-state index contributed by atoms with van der Waals surface area (Å²) in [5.41, 5.74) is 6.15. The first-order valence-corrected chi connectivity index (χ1v) is 10.2. The van der Waals surface area contributed by atoms with Crippen molar-refractivity contribution in [3.05, 3.63) is 29.8 Å². The van der Waals surface area contributed by atoms with E-state index in [2.05, 4.69) is 36.3 Å². The van der Waals surface area contributed by atoms with Crippen LogP contribution in [-0.2, 0) is 11.3 Å². The highest BCUT2D eigenvalue weighted by atomic mass is 127. The van der Waals surface area contributed by atoms with Gasteiger partial charge in [-0.15, -0.1) is 24.0 Å². The van der Waals surface area contributed by atoms with Gasteiger partial charge in [-0.1, -0.05) is 26.0 Å². The number of ether oxygens (including phenoxy) is 1. The second-order valence-electron chi connectivity index (χ2n) is 7.71. The van der Waals surface area contributed by atoms with Gasteiger partial charge < -0.3 is 26.0 Å². The fourth-order valence-electron chi connectivity index (χ4n) is 3.35. The van der Waals surface area contributed by atoms with Gasteiger partial charge in [-0.25, -0.2) is 4.99 Å². The molecular formula is C21H36IN5O2. The first-order chi connectivity index (χ1) is 13.5. The van der Waals surface area contributed by atoms with Crippen LogP contribution in [0.15, 0.2) is 29.3 Å². The number of hydrogen-bond donors (Lipinski definition) is 3. The van der Waals surface area contributed by atoms with E-state index >= 15 is 0 Å². The number of amides is 1. The average Bonchev–Trinajstić information content (AvgIpc) is 2.66. The minimum atomic E-state index is -0.485. The maximum Gasteiger partial charge on any atom is 0.255 e. The molecule has 1 amide bonds. The van der Waals surface area contributed by atoms with Gasteiger partial charge in [-0.2, -0.15) is 0 Å². The molecule has 1 aliphatic rings. The van der Waals surface area contributed by atoms with Crippen LogP contribution in [0.3, 0.4) is 0 Å². The molecule has 1 heterocycles. The van der Waals surface area contributed by atoms with E-state index in [1.165, 1.54) is 6.54 Å². The van der Waals surface area contributed by atoms with Crippen LogP contribution >= 0.6 is 24.0 Å². The molecule has 1 aromatic carbocycles. The van der Waals surface area contributed by atoms with E-state index in [1.54, 1.807) is 0 Å². The lowest BCUT2D eigenvalue weighted by molar-refractivity contribution is -0.119. The number of benzene rings is 1. The van der Waals surface area contributed by atoms with Crippen molar-refractivity contribution in [2.45, 2.75) is 46.2 Å². The number of nitrogens with two attached hydrogens (primary N) is 1. The smallest absolute Gasteiger partial charge is 0.255 e. The number of nitrogens with zero attached hydrogens (tertiary/aromatic N) is 2. The molecule has 0 atom stereocenters. The van der Waals surface area contributed by atoms with Crippen LogP contribution in [-0.4, -0.2) is 55.6 Å². The van der Waals surface area contributed by atoms with Crippen LogP contribution in [0.4, 0.5) is 0 Å². The van der Waals surface area contributed by atoms with E-state index in [4.69, 9.17) is 15.5 Å². The quantitative estimate of drug-likeness (QED) is 0.266. The highest BCUT2D eigenvalue weighted by molar-refractivity contribution is 14.0. The van der Waals surface area contributed by atoms with E-state index < -0.39 is 5.91 Å². The number of carbonyl (C=O) groups excluding carboxylic acids is 1. The molecule has 29 heavy (non-hydrogen) atoms. The molecule has 8 heteroatoms. The fraction of sp³-hybridized carbons (Fsp3) is 0.619. The molecule has 7 nitrogen and oxygen atoms in total. The summed E-state index contributed by atoms with van der Waals surface area (Å²) >= 11 is 0. The van der Waals surface area contributed by atoms with Gasteiger partial charge in [-0.05, 0) is 43.4 Å². The number of likely N-dealkylation sites (tertiary alicyclic amines) is 1. The number of hydrogen-bond acceptors (Lipinski definition) is 4. The Hall–Kier alpha value is -1.55. The molecule has 1 fully saturated rings. The third kappa shape index (κ3) is 10.2. The van der Waals surface area contributed by atoms with Crippen molar-refractivity contribution >= 4 is 35.8 Å². The van der Waals surface area contributed by atoms with Crippen LogP contribution < -0.4 is 21.1 Å². The summed E-state index contributed by atoms with van der Waals surface area (Å²) in [4.78, 5) is 18.1. The van der Waals surface area contributed by atoms with Crippen LogP contribution in [0, 0.1) is 5.92 Å². The van der Waals surface area contributed by atoms with Gasteiger partial charge in [0.1, 0.15) is 5.75 Å². The van der Waals surface area contributed by atoms with E-state index in [1.807, 2.05) is 24.3 Å². The average molecular weight is 517 g/mol. The number of primary amides is 1. The molecule has 0 saturated carbocycles. The second kappa shape index (κ2) is 13.6. The zero-order valence-corrected chi connectivity index (χ0v) is 20.1. The van der Waals surface area contributed by atoms with E-state index in [0.717, 1.165) is 44.0 Å². The Bertz CT molecular complexity index is 646. The molecule has 0 aromatic heterocycles. The summed E-state index contributed by atoms with van der Waals surface area (Å²) in [6, 6.07) is 8.04. The molecule has 0 unspecified atom stereocenters. The summed E-state index contributed by atoms with van der Waals surface area (Å²) in [7, 11) is 0. The Morgan fingerprint density at radius 2 is 2.07 bits per heavy atom. The largest absolute Gasteiger partial charge is 0.484 e. The van der Waals surface area contributed by atoms with Crippen molar-refractivity contribution < 1.29 is 9.53 Å². The summed E-state index contributed by atoms with van der Waals surface area (Å²) in [5.74, 6) is 1.70. The molecule has 164 valence electrons. The first kappa shape index (κ1) is 25.5. The van der Waals surface area contributed by atoms with Crippen molar-refractivity contribution in [2.24, 2.45) is 16.6 Å². The van der Waals surface area contributed by atoms with E-state index in [0.29, 0.717) is 24.3 Å². The molecular weight excluding hydrogens is 481 g/mol. The van der Waals surface area contributed by atoms with Gasteiger partial charge in [0.2, 0.25) is 0 Å². The number of carbonyl (C=O) groups is 1. The van der Waals surface area contributed by atoms with Gasteiger partial charge in [-0.3, -0.25) is 4.79 Å². The Kier molecular flexibility index (Phi) is 12.0. The van der Waals surface area contributed by atoms with Crippen LogP contribution in [0.25, 0.3) is 0 Å². The minimum absolute atomic E-state index is 0. The van der Waals surface area contributed by atoms with Crippen molar-refractivity contribution in [3.8, 4) is 5.75 Å². The molecule has 1 aliphatic heterocycles. The van der Waals surface area contributed by atoms with Crippen LogP contribution in [0.5, 0.6) is 5.75 Å². The molecule has 0 aliphatic carbocycles. The number of halogens is 1. The highest BCUT2D eigenvalue weighted by Crippen LogP contribution is 2.15. The van der Waals surface area contributed by atoms with Gasteiger partial charge in [0, 0.05) is 32.2 Å². The molecule has 2 rings (SSSR count).